The predicted molar refractivity (Wildman–Crippen MR) is 93.5 cm³/mol. The van der Waals surface area contributed by atoms with E-state index in [1.54, 1.807) is 29.5 Å². The van der Waals surface area contributed by atoms with Gasteiger partial charge < -0.3 is 0 Å². The summed E-state index contributed by atoms with van der Waals surface area (Å²) >= 11 is 1.61. The van der Waals surface area contributed by atoms with Crippen LogP contribution in [0, 0.1) is 0 Å². The summed E-state index contributed by atoms with van der Waals surface area (Å²) in [6.45, 7) is 0. The van der Waals surface area contributed by atoms with E-state index < -0.39 is 9.84 Å². The molecule has 0 aliphatic heterocycles. The molecule has 4 aromatic rings. The van der Waals surface area contributed by atoms with Gasteiger partial charge in [-0.2, -0.15) is 0 Å². The first-order valence-electron chi connectivity index (χ1n) is 6.95. The van der Waals surface area contributed by atoms with Gasteiger partial charge >= 0.3 is 0 Å². The molecule has 0 fully saturated rings. The Labute approximate surface area is 137 Å². The monoisotopic (exact) mass is 340 g/mol. The Morgan fingerprint density at radius 3 is 2.65 bits per heavy atom. The number of rotatable bonds is 2. The summed E-state index contributed by atoms with van der Waals surface area (Å²) in [7, 11) is -3.21. The molecule has 0 aliphatic rings. The van der Waals surface area contributed by atoms with Crippen LogP contribution in [0.25, 0.3) is 32.4 Å². The molecule has 0 amide bonds. The second-order valence-corrected chi connectivity index (χ2v) is 8.26. The number of benzene rings is 2. The molecule has 0 bridgehead atoms. The Balaban J connectivity index is 1.85. The summed E-state index contributed by atoms with van der Waals surface area (Å²) < 4.78 is 24.4. The molecular weight excluding hydrogens is 328 g/mol. The highest BCUT2D eigenvalue weighted by Gasteiger charge is 2.09. The van der Waals surface area contributed by atoms with Crippen molar-refractivity contribution >= 4 is 42.3 Å². The summed E-state index contributed by atoms with van der Waals surface area (Å²) in [6.07, 6.45) is 1.21. The largest absolute Gasteiger partial charge is 0.248 e. The molecule has 4 rings (SSSR count). The number of hydrogen-bond donors (Lipinski definition) is 0. The molecule has 0 saturated carbocycles. The van der Waals surface area contributed by atoms with Crippen LogP contribution < -0.4 is 0 Å². The van der Waals surface area contributed by atoms with Gasteiger partial charge in [0.25, 0.3) is 0 Å². The van der Waals surface area contributed by atoms with Crippen LogP contribution in [-0.2, 0) is 9.84 Å². The van der Waals surface area contributed by atoms with Crippen LogP contribution in [0.1, 0.15) is 0 Å². The van der Waals surface area contributed by atoms with Crippen LogP contribution in [0.15, 0.2) is 58.9 Å². The third-order valence-electron chi connectivity index (χ3n) is 3.71. The first-order chi connectivity index (χ1) is 11.0. The normalized spacial score (nSPS) is 12.0. The van der Waals surface area contributed by atoms with E-state index >= 15 is 0 Å². The Hall–Kier alpha value is -2.31. The van der Waals surface area contributed by atoms with Crippen LogP contribution in [-0.4, -0.2) is 24.6 Å². The lowest BCUT2D eigenvalue weighted by Crippen LogP contribution is -1.97. The molecule has 0 aliphatic carbocycles. The van der Waals surface area contributed by atoms with Gasteiger partial charge in [-0.15, -0.1) is 11.3 Å². The van der Waals surface area contributed by atoms with E-state index in [1.807, 2.05) is 35.8 Å². The molecule has 2 heterocycles. The Bertz CT molecular complexity index is 1150. The molecule has 2 aromatic heterocycles. The number of pyridine rings is 1. The Morgan fingerprint density at radius 1 is 0.957 bits per heavy atom. The van der Waals surface area contributed by atoms with Gasteiger partial charge in [-0.3, -0.25) is 0 Å². The van der Waals surface area contributed by atoms with Gasteiger partial charge in [0, 0.05) is 17.2 Å². The minimum Gasteiger partial charge on any atom is -0.248 e. The van der Waals surface area contributed by atoms with Crippen molar-refractivity contribution in [3.63, 3.8) is 0 Å². The van der Waals surface area contributed by atoms with Gasteiger partial charge in [0.1, 0.15) is 0 Å². The van der Waals surface area contributed by atoms with E-state index in [9.17, 15) is 8.42 Å². The minimum atomic E-state index is -3.21. The van der Waals surface area contributed by atoms with Crippen LogP contribution >= 0.6 is 11.3 Å². The van der Waals surface area contributed by atoms with E-state index in [4.69, 9.17) is 0 Å². The second kappa shape index (κ2) is 5.11. The lowest BCUT2D eigenvalue weighted by Gasteiger charge is -2.05. The zero-order valence-corrected chi connectivity index (χ0v) is 13.9. The number of sulfone groups is 1. The van der Waals surface area contributed by atoms with E-state index in [-0.39, 0.29) is 0 Å². The van der Waals surface area contributed by atoms with Gasteiger partial charge in [-0.1, -0.05) is 12.1 Å². The number of aromatic nitrogens is 2. The maximum Gasteiger partial charge on any atom is 0.175 e. The second-order valence-electron chi connectivity index (χ2n) is 5.36. The first kappa shape index (κ1) is 14.3. The predicted octanol–water partition coefficient (Wildman–Crippen LogP) is 3.92. The molecule has 0 unspecified atom stereocenters. The van der Waals surface area contributed by atoms with Gasteiger partial charge in [0.15, 0.2) is 9.84 Å². The number of thiazole rings is 1. The van der Waals surface area contributed by atoms with Crippen molar-refractivity contribution in [2.45, 2.75) is 4.90 Å². The SMILES string of the molecule is CS(=O)(=O)c1ccc2nc(-c3ccc4scnc4c3)ccc2c1. The zero-order chi connectivity index (χ0) is 16.0. The van der Waals surface area contributed by atoms with E-state index in [0.717, 1.165) is 32.4 Å². The summed E-state index contributed by atoms with van der Waals surface area (Å²) in [5, 5.41) is 0.811. The smallest absolute Gasteiger partial charge is 0.175 e. The number of nitrogens with zero attached hydrogens (tertiary/aromatic N) is 2. The lowest BCUT2D eigenvalue weighted by molar-refractivity contribution is 0.602. The third kappa shape index (κ3) is 2.60. The van der Waals surface area contributed by atoms with Gasteiger partial charge in [-0.05, 0) is 36.4 Å². The maximum atomic E-state index is 11.6. The van der Waals surface area contributed by atoms with E-state index in [0.29, 0.717) is 4.90 Å². The maximum absolute atomic E-state index is 11.6. The van der Waals surface area contributed by atoms with Crippen LogP contribution in [0.4, 0.5) is 0 Å². The Kier molecular flexibility index (Phi) is 3.18. The van der Waals surface area contributed by atoms with Crippen LogP contribution in [0.2, 0.25) is 0 Å². The lowest BCUT2D eigenvalue weighted by atomic mass is 10.1. The molecule has 0 radical (unpaired) electrons. The quantitative estimate of drug-likeness (QED) is 0.555. The molecule has 0 saturated heterocycles. The molecule has 0 spiro atoms. The molecule has 2 aromatic carbocycles. The van der Waals surface area contributed by atoms with Crippen molar-refractivity contribution in [2.24, 2.45) is 0 Å². The molecule has 0 N–H and O–H groups in total. The summed E-state index contributed by atoms with van der Waals surface area (Å²) in [4.78, 5) is 9.28. The zero-order valence-electron chi connectivity index (χ0n) is 12.2. The van der Waals surface area contributed by atoms with Gasteiger partial charge in [0.05, 0.1) is 31.8 Å². The van der Waals surface area contributed by atoms with E-state index in [2.05, 4.69) is 9.97 Å². The molecule has 6 heteroatoms. The average Bonchev–Trinajstić information content (AvgIpc) is 3.00. The molecule has 114 valence electrons. The fourth-order valence-corrected chi connectivity index (χ4v) is 3.83. The average molecular weight is 340 g/mol. The van der Waals surface area contributed by atoms with Gasteiger partial charge in [-0.25, -0.2) is 18.4 Å². The van der Waals surface area contributed by atoms with Crippen molar-refractivity contribution < 1.29 is 8.42 Å². The first-order valence-corrected chi connectivity index (χ1v) is 9.72. The van der Waals surface area contributed by atoms with Crippen molar-refractivity contribution in [3.8, 4) is 11.3 Å². The van der Waals surface area contributed by atoms with Crippen LogP contribution in [0.3, 0.4) is 0 Å². The molecule has 23 heavy (non-hydrogen) atoms. The van der Waals surface area contributed by atoms with Crippen molar-refractivity contribution in [2.75, 3.05) is 6.26 Å². The Morgan fingerprint density at radius 2 is 1.83 bits per heavy atom. The number of fused-ring (bicyclic) bond motifs is 2. The number of hydrogen-bond acceptors (Lipinski definition) is 5. The van der Waals surface area contributed by atoms with Crippen molar-refractivity contribution in [3.05, 3.63) is 54.0 Å². The molecule has 4 nitrogen and oxygen atoms in total. The highest BCUT2D eigenvalue weighted by molar-refractivity contribution is 7.90. The van der Waals surface area contributed by atoms with Crippen molar-refractivity contribution in [1.29, 1.82) is 0 Å². The third-order valence-corrected chi connectivity index (χ3v) is 5.64. The molecular formula is C17H12N2O2S2. The fraction of sp³-hybridized carbons (Fsp3) is 0.0588. The van der Waals surface area contributed by atoms with Crippen LogP contribution in [0.5, 0.6) is 0 Å². The summed E-state index contributed by atoms with van der Waals surface area (Å²) in [6, 6.07) is 14.9. The topological polar surface area (TPSA) is 59.9 Å². The summed E-state index contributed by atoms with van der Waals surface area (Å²) in [5.41, 5.74) is 5.40. The van der Waals surface area contributed by atoms with E-state index in [1.165, 1.54) is 6.26 Å². The highest BCUT2D eigenvalue weighted by Crippen LogP contribution is 2.27. The highest BCUT2D eigenvalue weighted by atomic mass is 32.2. The van der Waals surface area contributed by atoms with Crippen molar-refractivity contribution in [1.82, 2.24) is 9.97 Å². The molecule has 0 atom stereocenters. The summed E-state index contributed by atoms with van der Waals surface area (Å²) in [5.74, 6) is 0. The van der Waals surface area contributed by atoms with Gasteiger partial charge in [0.2, 0.25) is 0 Å². The fourth-order valence-electron chi connectivity index (χ4n) is 2.51. The standard InChI is InChI=1S/C17H12N2O2S2/c1-23(20,21)13-4-6-15-11(8-13)2-5-14(19-15)12-3-7-17-16(9-12)18-10-22-17/h2-10H,1H3. The minimum absolute atomic E-state index is 0.309.